The lowest BCUT2D eigenvalue weighted by atomic mass is 9.75. The van der Waals surface area contributed by atoms with Gasteiger partial charge in [-0.25, -0.2) is 0 Å². The first-order valence-corrected chi connectivity index (χ1v) is 9.13. The van der Waals surface area contributed by atoms with Crippen molar-refractivity contribution in [1.82, 2.24) is 9.80 Å². The Bertz CT molecular complexity index is 339. The summed E-state index contributed by atoms with van der Waals surface area (Å²) in [4.78, 5) is 17.4. The highest BCUT2D eigenvalue weighted by Gasteiger charge is 2.35. The Hall–Kier alpha value is -0.570. The van der Waals surface area contributed by atoms with Crippen LogP contribution in [0.25, 0.3) is 0 Å². The van der Waals surface area contributed by atoms with Crippen LogP contribution in [0.5, 0.6) is 0 Å². The van der Waals surface area contributed by atoms with E-state index in [9.17, 15) is 4.79 Å². The number of carbonyl (C=O) groups excluding carboxylic acids is 1. The normalized spacial score (nSPS) is 23.8. The van der Waals surface area contributed by atoms with Gasteiger partial charge in [-0.15, -0.1) is 0 Å². The van der Waals surface area contributed by atoms with Crippen LogP contribution in [-0.4, -0.2) is 47.4 Å². The minimum atomic E-state index is 0.235. The molecule has 128 valence electrons. The molecule has 0 aromatic heterocycles. The number of hydrogen-bond donors (Lipinski definition) is 0. The van der Waals surface area contributed by atoms with Crippen LogP contribution in [0.15, 0.2) is 0 Å². The Balaban J connectivity index is 1.82. The number of hydrogen-bond acceptors (Lipinski definition) is 2. The molecule has 2 aliphatic heterocycles. The Morgan fingerprint density at radius 2 is 1.32 bits per heavy atom. The van der Waals surface area contributed by atoms with Gasteiger partial charge in [0.2, 0.25) is 5.91 Å². The van der Waals surface area contributed by atoms with Gasteiger partial charge >= 0.3 is 0 Å². The molecule has 0 aromatic rings. The number of nitrogens with zero attached hydrogens (tertiary/aromatic N) is 2. The average molecular weight is 309 g/mol. The fourth-order valence-electron chi connectivity index (χ4n) is 4.02. The van der Waals surface area contributed by atoms with E-state index < -0.39 is 0 Å². The van der Waals surface area contributed by atoms with Gasteiger partial charge in [0, 0.05) is 24.5 Å². The number of likely N-dealkylation sites (tertiary alicyclic amines) is 2. The van der Waals surface area contributed by atoms with Crippen LogP contribution < -0.4 is 0 Å². The van der Waals surface area contributed by atoms with Gasteiger partial charge < -0.3 is 4.90 Å². The summed E-state index contributed by atoms with van der Waals surface area (Å²) in [6, 6.07) is 0. The molecule has 0 radical (unpaired) electrons. The molecule has 3 nitrogen and oxygen atoms in total. The summed E-state index contributed by atoms with van der Waals surface area (Å²) in [5.74, 6) is 1.46. The molecule has 0 bridgehead atoms. The first-order valence-electron chi connectivity index (χ1n) is 9.13. The van der Waals surface area contributed by atoms with Crippen molar-refractivity contribution >= 4 is 5.91 Å². The van der Waals surface area contributed by atoms with Crippen LogP contribution in [0.4, 0.5) is 0 Å². The molecule has 0 aliphatic carbocycles. The van der Waals surface area contributed by atoms with Crippen LogP contribution in [0, 0.1) is 17.3 Å². The lowest BCUT2D eigenvalue weighted by Gasteiger charge is -2.43. The second-order valence-corrected chi connectivity index (χ2v) is 9.40. The van der Waals surface area contributed by atoms with Crippen molar-refractivity contribution in [2.24, 2.45) is 17.3 Å². The molecule has 22 heavy (non-hydrogen) atoms. The molecule has 2 rings (SSSR count). The summed E-state index contributed by atoms with van der Waals surface area (Å²) in [5.41, 5.74) is 0.617. The lowest BCUT2D eigenvalue weighted by Crippen LogP contribution is -2.50. The second-order valence-electron chi connectivity index (χ2n) is 9.40. The van der Waals surface area contributed by atoms with Gasteiger partial charge in [-0.05, 0) is 70.9 Å². The zero-order valence-electron chi connectivity index (χ0n) is 15.6. The molecule has 0 unspecified atom stereocenters. The fourth-order valence-corrected chi connectivity index (χ4v) is 4.02. The van der Waals surface area contributed by atoms with Crippen molar-refractivity contribution in [3.8, 4) is 0 Å². The minimum Gasteiger partial charge on any atom is -0.342 e. The molecule has 0 aromatic carbocycles. The van der Waals surface area contributed by atoms with Crippen LogP contribution in [0.2, 0.25) is 0 Å². The van der Waals surface area contributed by atoms with E-state index in [4.69, 9.17) is 0 Å². The largest absolute Gasteiger partial charge is 0.342 e. The third-order valence-corrected chi connectivity index (χ3v) is 5.82. The van der Waals surface area contributed by atoms with Crippen molar-refractivity contribution in [3.63, 3.8) is 0 Å². The molecule has 2 fully saturated rings. The standard InChI is InChI=1S/C19H36N2O/c1-18(2,3)16-9-11-20(12-10-16)17(22)15-7-13-21(14-8-15)19(4,5)6/h15-16H,7-14H2,1-6H3. The first kappa shape index (κ1) is 17.8. The second kappa shape index (κ2) is 6.51. The third-order valence-electron chi connectivity index (χ3n) is 5.82. The third kappa shape index (κ3) is 4.24. The number of rotatable bonds is 1. The Morgan fingerprint density at radius 3 is 1.73 bits per heavy atom. The lowest BCUT2D eigenvalue weighted by molar-refractivity contribution is -0.139. The van der Waals surface area contributed by atoms with Crippen LogP contribution in [-0.2, 0) is 4.79 Å². The Kier molecular flexibility index (Phi) is 5.26. The highest BCUT2D eigenvalue weighted by atomic mass is 16.2. The number of amides is 1. The quantitative estimate of drug-likeness (QED) is 0.736. The molecule has 0 N–H and O–H groups in total. The number of carbonyl (C=O) groups is 1. The molecule has 2 heterocycles. The van der Waals surface area contributed by atoms with Crippen molar-refractivity contribution < 1.29 is 4.79 Å². The smallest absolute Gasteiger partial charge is 0.225 e. The van der Waals surface area contributed by atoms with E-state index in [1.807, 2.05) is 0 Å². The highest BCUT2D eigenvalue weighted by Crippen LogP contribution is 2.35. The average Bonchev–Trinajstić information content (AvgIpc) is 2.45. The topological polar surface area (TPSA) is 23.6 Å². The molecular formula is C19H36N2O. The van der Waals surface area contributed by atoms with Gasteiger partial charge in [-0.3, -0.25) is 9.69 Å². The molecule has 0 saturated carbocycles. The van der Waals surface area contributed by atoms with Crippen LogP contribution >= 0.6 is 0 Å². The van der Waals surface area contributed by atoms with E-state index in [2.05, 4.69) is 51.3 Å². The Labute approximate surface area is 137 Å². The zero-order chi connectivity index (χ0) is 16.5. The molecule has 3 heteroatoms. The zero-order valence-corrected chi connectivity index (χ0v) is 15.6. The molecule has 0 spiro atoms. The summed E-state index contributed by atoms with van der Waals surface area (Å²) in [7, 11) is 0. The SMILES string of the molecule is CC(C)(C)C1CCN(C(=O)C2CCN(C(C)(C)C)CC2)CC1. The Morgan fingerprint density at radius 1 is 0.818 bits per heavy atom. The molecule has 2 saturated heterocycles. The van der Waals surface area contributed by atoms with E-state index in [0.29, 0.717) is 11.3 Å². The molecular weight excluding hydrogens is 272 g/mol. The van der Waals surface area contributed by atoms with Crippen molar-refractivity contribution in [2.75, 3.05) is 26.2 Å². The predicted octanol–water partition coefficient (Wildman–Crippen LogP) is 3.78. The van der Waals surface area contributed by atoms with E-state index in [1.54, 1.807) is 0 Å². The fraction of sp³-hybridized carbons (Fsp3) is 0.947. The van der Waals surface area contributed by atoms with Gasteiger partial charge in [0.25, 0.3) is 0 Å². The van der Waals surface area contributed by atoms with Gasteiger partial charge in [0.15, 0.2) is 0 Å². The van der Waals surface area contributed by atoms with E-state index >= 15 is 0 Å². The van der Waals surface area contributed by atoms with Crippen LogP contribution in [0.3, 0.4) is 0 Å². The van der Waals surface area contributed by atoms with E-state index in [0.717, 1.165) is 44.9 Å². The maximum Gasteiger partial charge on any atom is 0.225 e. The van der Waals surface area contributed by atoms with Crippen molar-refractivity contribution in [1.29, 1.82) is 0 Å². The van der Waals surface area contributed by atoms with E-state index in [1.165, 1.54) is 12.8 Å². The van der Waals surface area contributed by atoms with Crippen LogP contribution in [0.1, 0.15) is 67.2 Å². The van der Waals surface area contributed by atoms with Gasteiger partial charge in [0.1, 0.15) is 0 Å². The summed E-state index contributed by atoms with van der Waals surface area (Å²) in [5, 5.41) is 0. The summed E-state index contributed by atoms with van der Waals surface area (Å²) < 4.78 is 0. The number of piperidine rings is 2. The van der Waals surface area contributed by atoms with Gasteiger partial charge in [0.05, 0.1) is 0 Å². The first-order chi connectivity index (χ1) is 10.1. The predicted molar refractivity (Wildman–Crippen MR) is 92.8 cm³/mol. The molecule has 2 aliphatic rings. The van der Waals surface area contributed by atoms with Gasteiger partial charge in [-0.2, -0.15) is 0 Å². The van der Waals surface area contributed by atoms with Crippen molar-refractivity contribution in [3.05, 3.63) is 0 Å². The monoisotopic (exact) mass is 308 g/mol. The summed E-state index contributed by atoms with van der Waals surface area (Å²) >= 11 is 0. The van der Waals surface area contributed by atoms with Gasteiger partial charge in [-0.1, -0.05) is 20.8 Å². The molecule has 0 atom stereocenters. The van der Waals surface area contributed by atoms with Crippen molar-refractivity contribution in [2.45, 2.75) is 72.8 Å². The maximum atomic E-state index is 12.8. The summed E-state index contributed by atoms with van der Waals surface area (Å²) in [6.07, 6.45) is 4.43. The highest BCUT2D eigenvalue weighted by molar-refractivity contribution is 5.79. The van der Waals surface area contributed by atoms with E-state index in [-0.39, 0.29) is 11.5 Å². The maximum absolute atomic E-state index is 12.8. The minimum absolute atomic E-state index is 0.235. The summed E-state index contributed by atoms with van der Waals surface area (Å²) in [6.45, 7) is 17.9. The molecule has 1 amide bonds.